The van der Waals surface area contributed by atoms with Crippen molar-refractivity contribution in [2.45, 2.75) is 13.0 Å². The lowest BCUT2D eigenvalue weighted by molar-refractivity contribution is -0.136. The van der Waals surface area contributed by atoms with E-state index in [2.05, 4.69) is 15.0 Å². The lowest BCUT2D eigenvalue weighted by Crippen LogP contribution is -2.38. The third kappa shape index (κ3) is 2.80. The zero-order chi connectivity index (χ0) is 15.5. The molecule has 2 aromatic heterocycles. The van der Waals surface area contributed by atoms with Gasteiger partial charge >= 0.3 is 0 Å². The number of H-pyrrole nitrogens is 1. The minimum absolute atomic E-state index is 0.00425. The molecule has 116 valence electrons. The average Bonchev–Trinajstić information content (AvgIpc) is 2.98. The Balaban J connectivity index is 1.79. The lowest BCUT2D eigenvalue weighted by Gasteiger charge is -2.25. The topological polar surface area (TPSA) is 80.3 Å². The molecule has 0 atom stereocenters. The largest absolute Gasteiger partial charge is 0.481 e. The summed E-state index contributed by atoms with van der Waals surface area (Å²) in [6.45, 7) is 1.31. The van der Waals surface area contributed by atoms with E-state index in [0.29, 0.717) is 19.0 Å². The molecule has 1 aliphatic heterocycles. The van der Waals surface area contributed by atoms with Crippen LogP contribution < -0.4 is 4.74 Å². The van der Waals surface area contributed by atoms with Crippen LogP contribution in [-0.2, 0) is 22.5 Å². The summed E-state index contributed by atoms with van der Waals surface area (Å²) in [6.07, 6.45) is 2.46. The van der Waals surface area contributed by atoms with E-state index >= 15 is 0 Å². The summed E-state index contributed by atoms with van der Waals surface area (Å²) in [5.74, 6) is 1.33. The highest BCUT2D eigenvalue weighted by molar-refractivity contribution is 5.77. The van der Waals surface area contributed by atoms with Gasteiger partial charge in [-0.2, -0.15) is 0 Å². The molecule has 3 rings (SSSR count). The van der Waals surface area contributed by atoms with E-state index in [4.69, 9.17) is 9.47 Å². The van der Waals surface area contributed by atoms with Crippen LogP contribution >= 0.6 is 0 Å². The number of pyridine rings is 1. The Labute approximate surface area is 128 Å². The number of rotatable bonds is 4. The number of imidazole rings is 1. The van der Waals surface area contributed by atoms with Crippen molar-refractivity contribution >= 4 is 5.91 Å². The summed E-state index contributed by atoms with van der Waals surface area (Å²) in [5.41, 5.74) is 2.87. The van der Waals surface area contributed by atoms with Crippen molar-refractivity contribution in [1.29, 1.82) is 0 Å². The maximum Gasteiger partial charge on any atom is 0.248 e. The number of aromatic nitrogens is 3. The van der Waals surface area contributed by atoms with E-state index < -0.39 is 0 Å². The van der Waals surface area contributed by atoms with Crippen LogP contribution in [0.2, 0.25) is 0 Å². The fraction of sp³-hybridized carbons (Fsp3) is 0.400. The summed E-state index contributed by atoms with van der Waals surface area (Å²) in [6, 6.07) is 3.70. The molecule has 2 aromatic rings. The molecule has 0 aromatic carbocycles. The normalized spacial score (nSPS) is 13.8. The molecule has 1 aliphatic rings. The number of nitrogens with zero attached hydrogens (tertiary/aromatic N) is 3. The number of hydrogen-bond donors (Lipinski definition) is 1. The van der Waals surface area contributed by atoms with Crippen LogP contribution in [0.1, 0.15) is 11.4 Å². The van der Waals surface area contributed by atoms with Gasteiger partial charge < -0.3 is 19.4 Å². The summed E-state index contributed by atoms with van der Waals surface area (Å²) < 4.78 is 9.96. The molecule has 3 heterocycles. The van der Waals surface area contributed by atoms with Gasteiger partial charge in [0.1, 0.15) is 12.4 Å². The van der Waals surface area contributed by atoms with Crippen molar-refractivity contribution in [3.63, 3.8) is 0 Å². The Morgan fingerprint density at radius 3 is 2.95 bits per heavy atom. The lowest BCUT2D eigenvalue weighted by atomic mass is 10.1. The van der Waals surface area contributed by atoms with Crippen LogP contribution in [0.3, 0.4) is 0 Å². The molecule has 0 radical (unpaired) electrons. The molecule has 1 N–H and O–H groups in total. The summed E-state index contributed by atoms with van der Waals surface area (Å²) in [5, 5.41) is 0. The smallest absolute Gasteiger partial charge is 0.248 e. The van der Waals surface area contributed by atoms with Crippen molar-refractivity contribution in [1.82, 2.24) is 19.9 Å². The first-order chi connectivity index (χ1) is 10.7. The van der Waals surface area contributed by atoms with Crippen LogP contribution in [0, 0.1) is 0 Å². The summed E-state index contributed by atoms with van der Waals surface area (Å²) in [7, 11) is 3.11. The predicted molar refractivity (Wildman–Crippen MR) is 79.4 cm³/mol. The fourth-order valence-electron chi connectivity index (χ4n) is 2.50. The zero-order valence-corrected chi connectivity index (χ0v) is 12.6. The maximum atomic E-state index is 11.9. The SMILES string of the molecule is COCC(=O)N1CCc2nc(-c3ccc(OC)nc3)[nH]c2C1. The van der Waals surface area contributed by atoms with Gasteiger partial charge in [0, 0.05) is 37.9 Å². The van der Waals surface area contributed by atoms with Crippen molar-refractivity contribution < 1.29 is 14.3 Å². The molecule has 0 spiro atoms. The molecule has 22 heavy (non-hydrogen) atoms. The van der Waals surface area contributed by atoms with E-state index in [1.165, 1.54) is 7.11 Å². The number of methoxy groups -OCH3 is 2. The number of nitrogens with one attached hydrogen (secondary N) is 1. The molecular weight excluding hydrogens is 284 g/mol. The zero-order valence-electron chi connectivity index (χ0n) is 12.6. The first-order valence-corrected chi connectivity index (χ1v) is 7.06. The number of hydrogen-bond acceptors (Lipinski definition) is 5. The number of fused-ring (bicyclic) bond motifs is 1. The minimum Gasteiger partial charge on any atom is -0.481 e. The molecule has 7 nitrogen and oxygen atoms in total. The monoisotopic (exact) mass is 302 g/mol. The summed E-state index contributed by atoms with van der Waals surface area (Å²) >= 11 is 0. The third-order valence-corrected chi connectivity index (χ3v) is 3.67. The van der Waals surface area contributed by atoms with Gasteiger partial charge in [-0.15, -0.1) is 0 Å². The van der Waals surface area contributed by atoms with Gasteiger partial charge in [0.2, 0.25) is 11.8 Å². The second-order valence-electron chi connectivity index (χ2n) is 5.10. The van der Waals surface area contributed by atoms with Gasteiger partial charge in [-0.05, 0) is 6.07 Å². The maximum absolute atomic E-state index is 11.9. The Bertz CT molecular complexity index is 666. The van der Waals surface area contributed by atoms with Gasteiger partial charge in [0.25, 0.3) is 0 Å². The summed E-state index contributed by atoms with van der Waals surface area (Å²) in [4.78, 5) is 25.8. The molecule has 0 fully saturated rings. The predicted octanol–water partition coefficient (Wildman–Crippen LogP) is 1.01. The first kappa shape index (κ1) is 14.5. The van der Waals surface area contributed by atoms with Gasteiger partial charge in [-0.1, -0.05) is 0 Å². The number of carbonyl (C=O) groups excluding carboxylic acids is 1. The van der Waals surface area contributed by atoms with E-state index in [-0.39, 0.29) is 12.5 Å². The van der Waals surface area contributed by atoms with Crippen LogP contribution in [0.5, 0.6) is 5.88 Å². The Hall–Kier alpha value is -2.41. The van der Waals surface area contributed by atoms with Crippen LogP contribution in [0.4, 0.5) is 0 Å². The molecule has 0 bridgehead atoms. The van der Waals surface area contributed by atoms with Crippen LogP contribution in [0.25, 0.3) is 11.4 Å². The fourth-order valence-corrected chi connectivity index (χ4v) is 2.50. The van der Waals surface area contributed by atoms with Gasteiger partial charge in [0.05, 0.1) is 25.0 Å². The van der Waals surface area contributed by atoms with Crippen molar-refractivity contribution in [3.05, 3.63) is 29.7 Å². The highest BCUT2D eigenvalue weighted by Gasteiger charge is 2.23. The standard InChI is InChI=1S/C15H18N4O3/c1-21-9-14(20)19-6-5-11-12(8-19)18-15(17-11)10-3-4-13(22-2)16-7-10/h3-4,7H,5-6,8-9H2,1-2H3,(H,17,18). The van der Waals surface area contributed by atoms with E-state index in [9.17, 15) is 4.79 Å². The molecule has 0 saturated heterocycles. The van der Waals surface area contributed by atoms with Crippen molar-refractivity contribution in [2.75, 3.05) is 27.4 Å². The average molecular weight is 302 g/mol. The van der Waals surface area contributed by atoms with Crippen LogP contribution in [-0.4, -0.2) is 53.1 Å². The van der Waals surface area contributed by atoms with Gasteiger partial charge in [0.15, 0.2) is 0 Å². The third-order valence-electron chi connectivity index (χ3n) is 3.67. The van der Waals surface area contributed by atoms with Crippen LogP contribution in [0.15, 0.2) is 18.3 Å². The number of ether oxygens (including phenoxy) is 2. The second kappa shape index (κ2) is 6.15. The highest BCUT2D eigenvalue weighted by atomic mass is 16.5. The second-order valence-corrected chi connectivity index (χ2v) is 5.10. The molecule has 0 unspecified atom stereocenters. The number of aromatic amines is 1. The van der Waals surface area contributed by atoms with Crippen molar-refractivity contribution in [2.24, 2.45) is 0 Å². The molecule has 1 amide bonds. The van der Waals surface area contributed by atoms with E-state index in [0.717, 1.165) is 29.2 Å². The van der Waals surface area contributed by atoms with Gasteiger partial charge in [-0.3, -0.25) is 4.79 Å². The number of carbonyl (C=O) groups is 1. The number of amides is 1. The first-order valence-electron chi connectivity index (χ1n) is 7.06. The molecule has 0 saturated carbocycles. The van der Waals surface area contributed by atoms with E-state index in [1.807, 2.05) is 6.07 Å². The van der Waals surface area contributed by atoms with Gasteiger partial charge in [-0.25, -0.2) is 9.97 Å². The molecule has 7 heteroatoms. The Morgan fingerprint density at radius 2 is 2.27 bits per heavy atom. The van der Waals surface area contributed by atoms with Crippen molar-refractivity contribution in [3.8, 4) is 17.3 Å². The Morgan fingerprint density at radius 1 is 1.41 bits per heavy atom. The minimum atomic E-state index is -0.00425. The molecular formula is C15H18N4O3. The highest BCUT2D eigenvalue weighted by Crippen LogP contribution is 2.23. The Kier molecular flexibility index (Phi) is 4.06. The molecule has 0 aliphatic carbocycles. The van der Waals surface area contributed by atoms with E-state index in [1.54, 1.807) is 24.3 Å². The quantitative estimate of drug-likeness (QED) is 0.911.